The number of amides is 1. The average molecular weight is 335 g/mol. The summed E-state index contributed by atoms with van der Waals surface area (Å²) in [4.78, 5) is 12.0. The lowest BCUT2D eigenvalue weighted by atomic mass is 10.1. The van der Waals surface area contributed by atoms with Gasteiger partial charge in [0, 0.05) is 31.6 Å². The largest absolute Gasteiger partial charge is 0.493 e. The molecule has 0 radical (unpaired) electrons. The summed E-state index contributed by atoms with van der Waals surface area (Å²) in [6.07, 6.45) is -0.499. The molecule has 22 heavy (non-hydrogen) atoms. The van der Waals surface area contributed by atoms with Gasteiger partial charge in [-0.1, -0.05) is 0 Å². The Bertz CT molecular complexity index is 530. The number of benzene rings is 1. The Morgan fingerprint density at radius 3 is 2.55 bits per heavy atom. The minimum Gasteiger partial charge on any atom is -0.493 e. The summed E-state index contributed by atoms with van der Waals surface area (Å²) >= 11 is 0. The van der Waals surface area contributed by atoms with E-state index in [2.05, 4.69) is 10.6 Å². The van der Waals surface area contributed by atoms with E-state index < -0.39 is 17.8 Å². The zero-order valence-corrected chi connectivity index (χ0v) is 13.2. The Labute approximate surface area is 134 Å². The third kappa shape index (κ3) is 4.00. The van der Waals surface area contributed by atoms with Crippen molar-refractivity contribution in [3.8, 4) is 11.5 Å². The number of hydrogen-bond acceptors (Lipinski definition) is 5. The van der Waals surface area contributed by atoms with Crippen molar-refractivity contribution >= 4 is 18.3 Å². The van der Waals surface area contributed by atoms with E-state index in [1.165, 1.54) is 20.3 Å². The number of carbonyl (C=O) groups excluding carboxylic acids is 1. The Morgan fingerprint density at radius 2 is 2.00 bits per heavy atom. The highest BCUT2D eigenvalue weighted by atomic mass is 35.5. The molecule has 1 aliphatic heterocycles. The fourth-order valence-electron chi connectivity index (χ4n) is 2.27. The molecule has 0 saturated carbocycles. The summed E-state index contributed by atoms with van der Waals surface area (Å²) < 4.78 is 23.9. The summed E-state index contributed by atoms with van der Waals surface area (Å²) in [7, 11) is 2.81. The highest BCUT2D eigenvalue weighted by Crippen LogP contribution is 2.29. The van der Waals surface area contributed by atoms with Gasteiger partial charge in [-0.3, -0.25) is 4.79 Å². The Balaban J connectivity index is 0.00000242. The molecule has 1 aromatic carbocycles. The number of β-amino-alcohol motifs (C(OH)–C–C–N with tert-alkyl or cyclic N) is 1. The van der Waals surface area contributed by atoms with Gasteiger partial charge in [-0.15, -0.1) is 12.4 Å². The Kier molecular flexibility index (Phi) is 6.86. The van der Waals surface area contributed by atoms with E-state index in [4.69, 9.17) is 9.47 Å². The molecule has 0 spiro atoms. The molecule has 6 nitrogen and oxygen atoms in total. The molecule has 2 rings (SSSR count). The normalized spacial score (nSPS) is 20.2. The number of nitrogens with one attached hydrogen (secondary N) is 2. The molecular formula is C14H20ClFN2O4. The molecule has 2 atom stereocenters. The van der Waals surface area contributed by atoms with Crippen LogP contribution in [-0.4, -0.2) is 51.0 Å². The van der Waals surface area contributed by atoms with Crippen LogP contribution in [0.25, 0.3) is 0 Å². The monoisotopic (exact) mass is 334 g/mol. The molecule has 3 N–H and O–H groups in total. The van der Waals surface area contributed by atoms with Crippen LogP contribution in [0, 0.1) is 11.7 Å². The van der Waals surface area contributed by atoms with Gasteiger partial charge >= 0.3 is 0 Å². The lowest BCUT2D eigenvalue weighted by Crippen LogP contribution is -2.34. The van der Waals surface area contributed by atoms with Gasteiger partial charge in [0.15, 0.2) is 11.5 Å². The Morgan fingerprint density at radius 1 is 1.36 bits per heavy atom. The fourth-order valence-corrected chi connectivity index (χ4v) is 2.27. The SMILES string of the molecule is COc1cc(F)c(C(=O)NCC2CNCC2O)cc1OC.Cl. The first-order chi connectivity index (χ1) is 10.1. The number of carbonyl (C=O) groups is 1. The van der Waals surface area contributed by atoms with E-state index >= 15 is 0 Å². The van der Waals surface area contributed by atoms with Crippen molar-refractivity contribution in [2.75, 3.05) is 33.9 Å². The molecule has 124 valence electrons. The number of aliphatic hydroxyl groups is 1. The van der Waals surface area contributed by atoms with Crippen molar-refractivity contribution in [2.45, 2.75) is 6.10 Å². The zero-order valence-electron chi connectivity index (χ0n) is 12.4. The van der Waals surface area contributed by atoms with E-state index in [-0.39, 0.29) is 41.9 Å². The quantitative estimate of drug-likeness (QED) is 0.734. The van der Waals surface area contributed by atoms with Crippen LogP contribution in [0.3, 0.4) is 0 Å². The predicted molar refractivity (Wildman–Crippen MR) is 81.5 cm³/mol. The number of hydrogen-bond donors (Lipinski definition) is 3. The van der Waals surface area contributed by atoms with Gasteiger partial charge < -0.3 is 25.2 Å². The maximum Gasteiger partial charge on any atom is 0.254 e. The van der Waals surface area contributed by atoms with E-state index in [1.54, 1.807) is 0 Å². The van der Waals surface area contributed by atoms with Gasteiger partial charge in [0.1, 0.15) is 5.82 Å². The molecule has 1 heterocycles. The first kappa shape index (κ1) is 18.5. The van der Waals surface area contributed by atoms with Gasteiger partial charge in [-0.25, -0.2) is 4.39 Å². The van der Waals surface area contributed by atoms with E-state index in [1.807, 2.05) is 0 Å². The van der Waals surface area contributed by atoms with Crippen molar-refractivity contribution in [1.82, 2.24) is 10.6 Å². The minimum absolute atomic E-state index is 0. The molecule has 1 saturated heterocycles. The molecule has 1 amide bonds. The smallest absolute Gasteiger partial charge is 0.254 e. The van der Waals surface area contributed by atoms with Crippen molar-refractivity contribution in [1.29, 1.82) is 0 Å². The maximum absolute atomic E-state index is 13.9. The standard InChI is InChI=1S/C14H19FN2O4.ClH/c1-20-12-3-9(10(15)4-13(12)21-2)14(19)17-6-8-5-16-7-11(8)18;/h3-4,8,11,16,18H,5-7H2,1-2H3,(H,17,19);1H. The van der Waals surface area contributed by atoms with Gasteiger partial charge in [0.2, 0.25) is 0 Å². The molecular weight excluding hydrogens is 315 g/mol. The zero-order chi connectivity index (χ0) is 15.4. The second kappa shape index (κ2) is 8.17. The molecule has 2 unspecified atom stereocenters. The van der Waals surface area contributed by atoms with Crippen LogP contribution in [0.2, 0.25) is 0 Å². The van der Waals surface area contributed by atoms with Crippen LogP contribution in [0.15, 0.2) is 12.1 Å². The van der Waals surface area contributed by atoms with E-state index in [0.717, 1.165) is 6.07 Å². The van der Waals surface area contributed by atoms with E-state index in [0.29, 0.717) is 13.1 Å². The van der Waals surface area contributed by atoms with Crippen LogP contribution in [-0.2, 0) is 0 Å². The molecule has 1 fully saturated rings. The lowest BCUT2D eigenvalue weighted by molar-refractivity contribution is 0.0922. The maximum atomic E-state index is 13.9. The molecule has 0 aromatic heterocycles. The highest BCUT2D eigenvalue weighted by molar-refractivity contribution is 5.95. The van der Waals surface area contributed by atoms with Crippen LogP contribution < -0.4 is 20.1 Å². The minimum atomic E-state index is -0.685. The predicted octanol–water partition coefficient (Wildman–Crippen LogP) is 0.575. The molecule has 0 bridgehead atoms. The molecule has 1 aliphatic rings. The topological polar surface area (TPSA) is 79.8 Å². The summed E-state index contributed by atoms with van der Waals surface area (Å²) in [6, 6.07) is 2.41. The molecule has 1 aromatic rings. The highest BCUT2D eigenvalue weighted by Gasteiger charge is 2.26. The summed E-state index contributed by atoms with van der Waals surface area (Å²) in [5.74, 6) is -0.798. The first-order valence-electron chi connectivity index (χ1n) is 6.65. The lowest BCUT2D eigenvalue weighted by Gasteiger charge is -2.15. The van der Waals surface area contributed by atoms with E-state index in [9.17, 15) is 14.3 Å². The van der Waals surface area contributed by atoms with Gasteiger partial charge in [-0.05, 0) is 6.07 Å². The second-order valence-electron chi connectivity index (χ2n) is 4.88. The van der Waals surface area contributed by atoms with Crippen LogP contribution in [0.5, 0.6) is 11.5 Å². The van der Waals surface area contributed by atoms with Crippen LogP contribution in [0.1, 0.15) is 10.4 Å². The van der Waals surface area contributed by atoms with Crippen molar-refractivity contribution in [3.63, 3.8) is 0 Å². The van der Waals surface area contributed by atoms with Gasteiger partial charge in [0.05, 0.1) is 25.9 Å². The van der Waals surface area contributed by atoms with Crippen LogP contribution >= 0.6 is 12.4 Å². The fraction of sp³-hybridized carbons (Fsp3) is 0.500. The molecule has 0 aliphatic carbocycles. The first-order valence-corrected chi connectivity index (χ1v) is 6.65. The van der Waals surface area contributed by atoms with Gasteiger partial charge in [-0.2, -0.15) is 0 Å². The number of ether oxygens (including phenoxy) is 2. The number of methoxy groups -OCH3 is 2. The third-order valence-corrected chi connectivity index (χ3v) is 3.55. The number of aliphatic hydroxyl groups excluding tert-OH is 1. The summed E-state index contributed by atoms with van der Waals surface area (Å²) in [6.45, 7) is 1.40. The summed E-state index contributed by atoms with van der Waals surface area (Å²) in [5, 5.41) is 15.3. The van der Waals surface area contributed by atoms with Crippen molar-refractivity contribution in [3.05, 3.63) is 23.5 Å². The molecule has 8 heteroatoms. The number of rotatable bonds is 5. The average Bonchev–Trinajstić information content (AvgIpc) is 2.89. The Hall–Kier alpha value is -1.57. The van der Waals surface area contributed by atoms with Crippen LogP contribution in [0.4, 0.5) is 4.39 Å². The third-order valence-electron chi connectivity index (χ3n) is 3.55. The second-order valence-corrected chi connectivity index (χ2v) is 4.88. The number of halogens is 2. The van der Waals surface area contributed by atoms with Crippen molar-refractivity contribution in [2.24, 2.45) is 5.92 Å². The van der Waals surface area contributed by atoms with Gasteiger partial charge in [0.25, 0.3) is 5.91 Å². The van der Waals surface area contributed by atoms with Crippen molar-refractivity contribution < 1.29 is 23.8 Å². The summed E-state index contributed by atoms with van der Waals surface area (Å²) in [5.41, 5.74) is -0.118.